The van der Waals surface area contributed by atoms with Crippen LogP contribution < -0.4 is 5.73 Å². The number of fused-ring (bicyclic) bond motifs is 1. The van der Waals surface area contributed by atoms with Gasteiger partial charge in [0, 0.05) is 18.2 Å². The molecule has 32 heavy (non-hydrogen) atoms. The number of nitrogens with two attached hydrogens (primary N) is 1. The molecule has 0 bridgehead atoms. The van der Waals surface area contributed by atoms with E-state index in [2.05, 4.69) is 76.4 Å². The fraction of sp³-hybridized carbons (Fsp3) is 0.259. The summed E-state index contributed by atoms with van der Waals surface area (Å²) in [6.07, 6.45) is 2.42. The van der Waals surface area contributed by atoms with Crippen LogP contribution in [0.3, 0.4) is 0 Å². The van der Waals surface area contributed by atoms with Gasteiger partial charge in [-0.05, 0) is 55.5 Å². The molecule has 1 aliphatic rings. The van der Waals surface area contributed by atoms with E-state index >= 15 is 0 Å². The van der Waals surface area contributed by atoms with Crippen LogP contribution in [0.1, 0.15) is 53.2 Å². The molecular weight excluding hydrogens is 396 g/mol. The number of imidazole rings is 1. The first-order chi connectivity index (χ1) is 15.6. The topological polar surface area (TPSA) is 75.0 Å². The molecule has 0 aliphatic carbocycles. The number of nitrogens with one attached hydrogen (secondary N) is 1. The molecule has 1 saturated heterocycles. The highest BCUT2D eigenvalue weighted by atomic mass is 16.1. The summed E-state index contributed by atoms with van der Waals surface area (Å²) in [5, 5.41) is 0. The summed E-state index contributed by atoms with van der Waals surface area (Å²) in [6, 6.07) is 25.3. The van der Waals surface area contributed by atoms with Crippen molar-refractivity contribution in [3.8, 4) is 11.4 Å². The summed E-state index contributed by atoms with van der Waals surface area (Å²) in [5.74, 6) is 0.819. The highest BCUT2D eigenvalue weighted by Crippen LogP contribution is 2.33. The number of piperidine rings is 1. The van der Waals surface area contributed by atoms with Gasteiger partial charge in [0.2, 0.25) is 0 Å². The zero-order valence-corrected chi connectivity index (χ0v) is 18.3. The average molecular weight is 425 g/mol. The summed E-state index contributed by atoms with van der Waals surface area (Å²) >= 11 is 0. The molecule has 162 valence electrons. The maximum atomic E-state index is 11.7. The minimum atomic E-state index is -0.462. The van der Waals surface area contributed by atoms with Crippen molar-refractivity contribution in [3.05, 3.63) is 89.5 Å². The SMILES string of the molecule is CC(c1ccccc1)N1CCCC(c2ccc(-c3nc4c(C(N)=O)cccc4[nH]3)cc2)C1. The molecule has 3 aromatic carbocycles. The third kappa shape index (κ3) is 3.92. The zero-order chi connectivity index (χ0) is 22.1. The zero-order valence-electron chi connectivity index (χ0n) is 18.3. The Balaban J connectivity index is 1.35. The lowest BCUT2D eigenvalue weighted by atomic mass is 9.89. The highest BCUT2D eigenvalue weighted by Gasteiger charge is 2.25. The number of rotatable bonds is 5. The lowest BCUT2D eigenvalue weighted by molar-refractivity contribution is 0.100. The number of para-hydroxylation sites is 1. The molecule has 2 atom stereocenters. The van der Waals surface area contributed by atoms with Gasteiger partial charge in [0.05, 0.1) is 11.1 Å². The molecule has 0 spiro atoms. The summed E-state index contributed by atoms with van der Waals surface area (Å²) in [7, 11) is 0. The smallest absolute Gasteiger partial charge is 0.250 e. The van der Waals surface area contributed by atoms with Crippen molar-refractivity contribution in [1.29, 1.82) is 0 Å². The Morgan fingerprint density at radius 3 is 2.59 bits per heavy atom. The average Bonchev–Trinajstić information content (AvgIpc) is 3.29. The Morgan fingerprint density at radius 1 is 1.06 bits per heavy atom. The van der Waals surface area contributed by atoms with Gasteiger partial charge in [0.25, 0.3) is 5.91 Å². The number of carbonyl (C=O) groups excluding carboxylic acids is 1. The van der Waals surface area contributed by atoms with Crippen LogP contribution in [0.2, 0.25) is 0 Å². The van der Waals surface area contributed by atoms with E-state index < -0.39 is 5.91 Å². The molecule has 0 radical (unpaired) electrons. The van der Waals surface area contributed by atoms with E-state index in [1.165, 1.54) is 24.0 Å². The maximum absolute atomic E-state index is 11.7. The molecule has 5 nitrogen and oxygen atoms in total. The first-order valence-corrected chi connectivity index (χ1v) is 11.3. The van der Waals surface area contributed by atoms with E-state index in [4.69, 9.17) is 5.73 Å². The van der Waals surface area contributed by atoms with Crippen molar-refractivity contribution in [2.24, 2.45) is 5.73 Å². The van der Waals surface area contributed by atoms with Crippen LogP contribution in [-0.2, 0) is 0 Å². The van der Waals surface area contributed by atoms with Crippen LogP contribution in [0.5, 0.6) is 0 Å². The fourth-order valence-electron chi connectivity index (χ4n) is 4.85. The number of benzene rings is 3. The second-order valence-electron chi connectivity index (χ2n) is 8.69. The molecule has 1 aliphatic heterocycles. The number of carbonyl (C=O) groups is 1. The van der Waals surface area contributed by atoms with Gasteiger partial charge < -0.3 is 10.7 Å². The third-order valence-corrected chi connectivity index (χ3v) is 6.72. The number of likely N-dealkylation sites (tertiary alicyclic amines) is 1. The Morgan fingerprint density at radius 2 is 1.84 bits per heavy atom. The number of amides is 1. The molecule has 1 aromatic heterocycles. The van der Waals surface area contributed by atoms with Crippen molar-refractivity contribution in [3.63, 3.8) is 0 Å². The van der Waals surface area contributed by atoms with Crippen LogP contribution in [0, 0.1) is 0 Å². The van der Waals surface area contributed by atoms with Crippen molar-refractivity contribution in [2.45, 2.75) is 31.7 Å². The molecule has 3 N–H and O–H groups in total. The Kier molecular flexibility index (Phi) is 5.50. The number of primary amides is 1. The van der Waals surface area contributed by atoms with Gasteiger partial charge in [-0.25, -0.2) is 4.98 Å². The van der Waals surface area contributed by atoms with Gasteiger partial charge in [-0.2, -0.15) is 0 Å². The second-order valence-corrected chi connectivity index (χ2v) is 8.69. The number of H-pyrrole nitrogens is 1. The van der Waals surface area contributed by atoms with Crippen molar-refractivity contribution in [2.75, 3.05) is 13.1 Å². The molecule has 5 rings (SSSR count). The van der Waals surface area contributed by atoms with E-state index in [9.17, 15) is 4.79 Å². The number of aromatic amines is 1. The van der Waals surface area contributed by atoms with E-state index in [-0.39, 0.29) is 0 Å². The fourth-order valence-corrected chi connectivity index (χ4v) is 4.85. The summed E-state index contributed by atoms with van der Waals surface area (Å²) in [6.45, 7) is 4.52. The van der Waals surface area contributed by atoms with Gasteiger partial charge >= 0.3 is 0 Å². The molecule has 5 heteroatoms. The number of nitrogens with zero attached hydrogens (tertiary/aromatic N) is 2. The Hall–Kier alpha value is -3.44. The number of hydrogen-bond acceptors (Lipinski definition) is 3. The van der Waals surface area contributed by atoms with Crippen molar-refractivity contribution in [1.82, 2.24) is 14.9 Å². The predicted octanol–water partition coefficient (Wildman–Crippen LogP) is 5.27. The summed E-state index contributed by atoms with van der Waals surface area (Å²) < 4.78 is 0. The summed E-state index contributed by atoms with van der Waals surface area (Å²) in [4.78, 5) is 22.3. The van der Waals surface area contributed by atoms with Crippen molar-refractivity contribution >= 4 is 16.9 Å². The lowest BCUT2D eigenvalue weighted by Gasteiger charge is -2.37. The van der Waals surface area contributed by atoms with Crippen LogP contribution in [-0.4, -0.2) is 33.9 Å². The van der Waals surface area contributed by atoms with Crippen LogP contribution >= 0.6 is 0 Å². The Labute approximate surface area is 188 Å². The minimum Gasteiger partial charge on any atom is -0.366 e. The number of aromatic nitrogens is 2. The molecule has 1 fully saturated rings. The molecule has 2 unspecified atom stereocenters. The quantitative estimate of drug-likeness (QED) is 0.458. The predicted molar refractivity (Wildman–Crippen MR) is 128 cm³/mol. The molecule has 1 amide bonds. The van der Waals surface area contributed by atoms with E-state index in [0.29, 0.717) is 23.0 Å². The Bertz CT molecular complexity index is 1230. The van der Waals surface area contributed by atoms with Gasteiger partial charge in [-0.1, -0.05) is 60.7 Å². The van der Waals surface area contributed by atoms with Crippen LogP contribution in [0.25, 0.3) is 22.4 Å². The second kappa shape index (κ2) is 8.60. The normalized spacial score (nSPS) is 18.0. The van der Waals surface area contributed by atoms with Gasteiger partial charge in [-0.15, -0.1) is 0 Å². The lowest BCUT2D eigenvalue weighted by Crippen LogP contribution is -2.36. The summed E-state index contributed by atoms with van der Waals surface area (Å²) in [5.41, 5.74) is 11.1. The molecule has 0 saturated carbocycles. The van der Waals surface area contributed by atoms with Crippen LogP contribution in [0.4, 0.5) is 0 Å². The van der Waals surface area contributed by atoms with Gasteiger partial charge in [0.15, 0.2) is 0 Å². The first-order valence-electron chi connectivity index (χ1n) is 11.3. The highest BCUT2D eigenvalue weighted by molar-refractivity contribution is 6.04. The van der Waals surface area contributed by atoms with E-state index in [1.807, 2.05) is 12.1 Å². The van der Waals surface area contributed by atoms with Gasteiger partial charge in [0.1, 0.15) is 11.3 Å². The van der Waals surface area contributed by atoms with E-state index in [1.54, 1.807) is 6.07 Å². The maximum Gasteiger partial charge on any atom is 0.250 e. The largest absolute Gasteiger partial charge is 0.366 e. The van der Waals surface area contributed by atoms with Crippen molar-refractivity contribution < 1.29 is 4.79 Å². The van der Waals surface area contributed by atoms with E-state index in [0.717, 1.165) is 30.0 Å². The molecular formula is C27H28N4O. The minimum absolute atomic E-state index is 0.424. The van der Waals surface area contributed by atoms with Crippen LogP contribution in [0.15, 0.2) is 72.8 Å². The first kappa shape index (κ1) is 20.5. The van der Waals surface area contributed by atoms with Gasteiger partial charge in [-0.3, -0.25) is 9.69 Å². The standard InChI is InChI=1S/C27H28N4O/c1-18(19-7-3-2-4-8-19)31-16-6-9-22(17-31)20-12-14-21(15-13-20)27-29-24-11-5-10-23(26(28)32)25(24)30-27/h2-5,7-8,10-15,18,22H,6,9,16-17H2,1H3,(H2,28,32)(H,29,30). The monoisotopic (exact) mass is 424 g/mol. The molecule has 2 heterocycles. The third-order valence-electron chi connectivity index (χ3n) is 6.72. The number of hydrogen-bond donors (Lipinski definition) is 2. The molecule has 4 aromatic rings.